The van der Waals surface area contributed by atoms with Crippen molar-refractivity contribution in [2.24, 2.45) is 0 Å². The number of hydrogen-bond acceptors (Lipinski definition) is 6. The summed E-state index contributed by atoms with van der Waals surface area (Å²) in [7, 11) is 0. The number of ether oxygens (including phenoxy) is 1. The maximum atomic E-state index is 11.6. The predicted molar refractivity (Wildman–Crippen MR) is 60.9 cm³/mol. The number of carbonyl (C=O) groups excluding carboxylic acids is 1. The number of hydrogen-bond donors (Lipinski definition) is 1. The van der Waals surface area contributed by atoms with E-state index in [4.69, 9.17) is 9.84 Å². The second-order valence-electron chi connectivity index (χ2n) is 4.07. The van der Waals surface area contributed by atoms with Gasteiger partial charge in [-0.1, -0.05) is 0 Å². The zero-order chi connectivity index (χ0) is 14.3. The molecule has 1 N–H and O–H groups in total. The molecule has 0 aliphatic carbocycles. The van der Waals surface area contributed by atoms with E-state index in [1.54, 1.807) is 0 Å². The Kier molecular flexibility index (Phi) is 5.83. The maximum absolute atomic E-state index is 11.6. The van der Waals surface area contributed by atoms with Crippen molar-refractivity contribution in [2.75, 3.05) is 19.8 Å². The lowest BCUT2D eigenvalue weighted by atomic mass is 10.2. The molecule has 1 aliphatic heterocycles. The Morgan fingerprint density at radius 1 is 1.37 bits per heavy atom. The molecule has 1 fully saturated rings. The topological polar surface area (TPSA) is 119 Å². The highest BCUT2D eigenvalue weighted by atomic mass is 16.9. The molecule has 108 valence electrons. The van der Waals surface area contributed by atoms with Gasteiger partial charge in [0.1, 0.15) is 6.04 Å². The van der Waals surface area contributed by atoms with E-state index in [1.165, 1.54) is 4.90 Å². The molecule has 9 heteroatoms. The minimum absolute atomic E-state index is 0.0496. The highest BCUT2D eigenvalue weighted by Gasteiger charge is 2.34. The van der Waals surface area contributed by atoms with E-state index in [-0.39, 0.29) is 13.2 Å². The van der Waals surface area contributed by atoms with E-state index in [1.807, 2.05) is 0 Å². The molecule has 0 bridgehead atoms. The van der Waals surface area contributed by atoms with Crippen LogP contribution in [0.25, 0.3) is 0 Å². The van der Waals surface area contributed by atoms with Crippen molar-refractivity contribution in [3.63, 3.8) is 0 Å². The smallest absolute Gasteiger partial charge is 0.410 e. The van der Waals surface area contributed by atoms with Gasteiger partial charge >= 0.3 is 12.1 Å². The summed E-state index contributed by atoms with van der Waals surface area (Å²) in [5.74, 6) is -1.03. The zero-order valence-corrected chi connectivity index (χ0v) is 10.3. The molecule has 1 aliphatic rings. The van der Waals surface area contributed by atoms with E-state index in [0.717, 1.165) is 0 Å². The minimum atomic E-state index is -1.03. The summed E-state index contributed by atoms with van der Waals surface area (Å²) in [6.07, 6.45) is 1.23. The van der Waals surface area contributed by atoms with Gasteiger partial charge in [0.25, 0.3) is 5.09 Å². The fourth-order valence-electron chi connectivity index (χ4n) is 1.83. The monoisotopic (exact) mass is 276 g/mol. The number of aliphatic carboxylic acids is 1. The minimum Gasteiger partial charge on any atom is -0.480 e. The van der Waals surface area contributed by atoms with Crippen molar-refractivity contribution < 1.29 is 29.4 Å². The van der Waals surface area contributed by atoms with E-state index in [2.05, 4.69) is 4.84 Å². The van der Waals surface area contributed by atoms with Crippen LogP contribution in [-0.2, 0) is 14.4 Å². The Labute approximate surface area is 109 Å². The lowest BCUT2D eigenvalue weighted by molar-refractivity contribution is -0.757. The average Bonchev–Trinajstić information content (AvgIpc) is 2.82. The lowest BCUT2D eigenvalue weighted by Gasteiger charge is -2.20. The Bertz CT molecular complexity index is 347. The van der Waals surface area contributed by atoms with Crippen LogP contribution in [0, 0.1) is 10.1 Å². The molecule has 19 heavy (non-hydrogen) atoms. The van der Waals surface area contributed by atoms with Crippen LogP contribution in [0.4, 0.5) is 4.79 Å². The Balaban J connectivity index is 2.17. The average molecular weight is 276 g/mol. The summed E-state index contributed by atoms with van der Waals surface area (Å²) in [6.45, 7) is 0.412. The molecule has 0 aromatic heterocycles. The molecule has 1 heterocycles. The molecule has 1 amide bonds. The van der Waals surface area contributed by atoms with Crippen molar-refractivity contribution in [1.29, 1.82) is 0 Å². The molecule has 0 spiro atoms. The van der Waals surface area contributed by atoms with Gasteiger partial charge in [0.15, 0.2) is 0 Å². The van der Waals surface area contributed by atoms with Gasteiger partial charge in [0, 0.05) is 6.54 Å². The Hall–Kier alpha value is -2.06. The molecule has 0 saturated carbocycles. The first kappa shape index (κ1) is 15.0. The van der Waals surface area contributed by atoms with Gasteiger partial charge in [-0.05, 0) is 25.7 Å². The van der Waals surface area contributed by atoms with E-state index in [0.29, 0.717) is 32.2 Å². The summed E-state index contributed by atoms with van der Waals surface area (Å²) >= 11 is 0. The van der Waals surface area contributed by atoms with Crippen molar-refractivity contribution >= 4 is 12.1 Å². The standard InChI is InChI=1S/C10H16N2O7/c13-9(14)8-4-3-5-11(8)10(15)18-6-1-2-7-19-12(16)17/h8H,1-7H2,(H,13,14). The number of carboxylic acids is 1. The van der Waals surface area contributed by atoms with Crippen LogP contribution >= 0.6 is 0 Å². The molecular weight excluding hydrogens is 260 g/mol. The van der Waals surface area contributed by atoms with Crippen LogP contribution in [0.1, 0.15) is 25.7 Å². The zero-order valence-electron chi connectivity index (χ0n) is 10.3. The maximum Gasteiger partial charge on any atom is 0.410 e. The molecule has 0 aromatic carbocycles. The predicted octanol–water partition coefficient (Wildman–Crippen LogP) is 0.661. The summed E-state index contributed by atoms with van der Waals surface area (Å²) < 4.78 is 4.91. The number of likely N-dealkylation sites (tertiary alicyclic amines) is 1. The highest BCUT2D eigenvalue weighted by molar-refractivity contribution is 5.80. The number of amides is 1. The normalized spacial score (nSPS) is 18.1. The largest absolute Gasteiger partial charge is 0.480 e. The van der Waals surface area contributed by atoms with E-state index >= 15 is 0 Å². The molecule has 1 atom stereocenters. The summed E-state index contributed by atoms with van der Waals surface area (Å²) in [4.78, 5) is 37.6. The second kappa shape index (κ2) is 7.39. The molecule has 0 aromatic rings. The van der Waals surface area contributed by atoms with Crippen molar-refractivity contribution in [1.82, 2.24) is 4.90 Å². The summed E-state index contributed by atoms with van der Waals surface area (Å²) in [5, 5.41) is 17.9. The number of carbonyl (C=O) groups is 2. The third-order valence-electron chi connectivity index (χ3n) is 2.73. The lowest BCUT2D eigenvalue weighted by Crippen LogP contribution is -2.40. The molecular formula is C10H16N2O7. The van der Waals surface area contributed by atoms with E-state index < -0.39 is 23.2 Å². The van der Waals surface area contributed by atoms with Gasteiger partial charge in [-0.2, -0.15) is 0 Å². The first-order valence-corrected chi connectivity index (χ1v) is 5.96. The molecule has 1 unspecified atom stereocenters. The van der Waals surface area contributed by atoms with Gasteiger partial charge in [-0.25, -0.2) is 9.59 Å². The van der Waals surface area contributed by atoms with Crippen molar-refractivity contribution in [2.45, 2.75) is 31.7 Å². The van der Waals surface area contributed by atoms with Crippen LogP contribution in [0.5, 0.6) is 0 Å². The van der Waals surface area contributed by atoms with Crippen LogP contribution in [0.3, 0.4) is 0 Å². The molecule has 1 saturated heterocycles. The van der Waals surface area contributed by atoms with Crippen molar-refractivity contribution in [3.05, 3.63) is 10.1 Å². The molecule has 1 rings (SSSR count). The van der Waals surface area contributed by atoms with Crippen LogP contribution in [0.15, 0.2) is 0 Å². The number of nitrogens with zero attached hydrogens (tertiary/aromatic N) is 2. The van der Waals surface area contributed by atoms with Gasteiger partial charge in [0.05, 0.1) is 13.2 Å². The first-order valence-electron chi connectivity index (χ1n) is 5.96. The Morgan fingerprint density at radius 2 is 2.05 bits per heavy atom. The number of rotatable bonds is 7. The van der Waals surface area contributed by atoms with E-state index in [9.17, 15) is 19.7 Å². The fourth-order valence-corrected chi connectivity index (χ4v) is 1.83. The Morgan fingerprint density at radius 3 is 2.68 bits per heavy atom. The number of unbranched alkanes of at least 4 members (excludes halogenated alkanes) is 1. The second-order valence-corrected chi connectivity index (χ2v) is 4.07. The van der Waals surface area contributed by atoms with Gasteiger partial charge < -0.3 is 14.7 Å². The number of carboxylic acid groups (broad SMARTS) is 1. The van der Waals surface area contributed by atoms with Crippen LogP contribution in [-0.4, -0.2) is 53.0 Å². The third-order valence-corrected chi connectivity index (χ3v) is 2.73. The SMILES string of the molecule is O=C(O)C1CCCN1C(=O)OCCCCO[N+](=O)[O-]. The quantitative estimate of drug-likeness (QED) is 0.412. The van der Waals surface area contributed by atoms with Crippen LogP contribution < -0.4 is 0 Å². The van der Waals surface area contributed by atoms with Crippen LogP contribution in [0.2, 0.25) is 0 Å². The molecule has 9 nitrogen and oxygen atoms in total. The van der Waals surface area contributed by atoms with Gasteiger partial charge in [-0.3, -0.25) is 4.90 Å². The van der Waals surface area contributed by atoms with Gasteiger partial charge in [0.2, 0.25) is 0 Å². The molecule has 0 radical (unpaired) electrons. The van der Waals surface area contributed by atoms with Gasteiger partial charge in [-0.15, -0.1) is 10.1 Å². The summed E-state index contributed by atoms with van der Waals surface area (Å²) in [5.41, 5.74) is 0. The summed E-state index contributed by atoms with van der Waals surface area (Å²) in [6, 6.07) is -0.815. The first-order chi connectivity index (χ1) is 9.02. The highest BCUT2D eigenvalue weighted by Crippen LogP contribution is 2.18. The van der Waals surface area contributed by atoms with Crippen molar-refractivity contribution in [3.8, 4) is 0 Å². The fraction of sp³-hybridized carbons (Fsp3) is 0.800. The third kappa shape index (κ3) is 4.98.